The van der Waals surface area contributed by atoms with E-state index in [4.69, 9.17) is 0 Å². The van der Waals surface area contributed by atoms with Gasteiger partial charge in [0.15, 0.2) is 20.5 Å². The number of nitrogens with one attached hydrogen (secondary N) is 1. The van der Waals surface area contributed by atoms with Crippen LogP contribution in [0.4, 0.5) is 0 Å². The highest BCUT2D eigenvalue weighted by atomic mass is 32.2. The normalized spacial score (nSPS) is 12.1. The minimum Gasteiger partial charge on any atom is -0.342 e. The van der Waals surface area contributed by atoms with E-state index >= 15 is 0 Å². The number of aromatic nitrogens is 3. The fourth-order valence-corrected chi connectivity index (χ4v) is 2.03. The lowest BCUT2D eigenvalue weighted by Gasteiger charge is -1.95. The number of hydrogen-bond acceptors (Lipinski definition) is 4. The molecule has 0 amide bonds. The molecule has 5 nitrogen and oxygen atoms in total. The quantitative estimate of drug-likeness (QED) is 0.876. The van der Waals surface area contributed by atoms with E-state index in [1.54, 1.807) is 0 Å². The van der Waals surface area contributed by atoms with E-state index in [0.29, 0.717) is 11.2 Å². The van der Waals surface area contributed by atoms with E-state index in [1.165, 1.54) is 6.20 Å². The third-order valence-electron chi connectivity index (χ3n) is 2.27. The molecule has 0 saturated carbocycles. The highest BCUT2D eigenvalue weighted by Gasteiger charge is 2.11. The summed E-state index contributed by atoms with van der Waals surface area (Å²) in [5.41, 5.74) is 2.27. The van der Waals surface area contributed by atoms with Crippen molar-refractivity contribution < 1.29 is 8.42 Å². The van der Waals surface area contributed by atoms with Crippen LogP contribution in [-0.2, 0) is 16.3 Å². The standard InChI is InChI=1S/C10H13N3O2S/c1-3-4-7-5-8-10(12-7)11-6-9(13-8)16(2,14)15/h5-6H,3-4H2,1-2H3,(H,11,12). The van der Waals surface area contributed by atoms with Crippen molar-refractivity contribution in [2.45, 2.75) is 24.8 Å². The molecular weight excluding hydrogens is 226 g/mol. The Hall–Kier alpha value is -1.43. The van der Waals surface area contributed by atoms with Gasteiger partial charge in [0.05, 0.1) is 6.20 Å². The van der Waals surface area contributed by atoms with Crippen molar-refractivity contribution in [2.24, 2.45) is 0 Å². The molecule has 0 radical (unpaired) electrons. The summed E-state index contributed by atoms with van der Waals surface area (Å²) in [6.07, 6.45) is 4.34. The first kappa shape index (κ1) is 11.1. The van der Waals surface area contributed by atoms with Gasteiger partial charge in [0, 0.05) is 11.9 Å². The number of aryl methyl sites for hydroxylation is 1. The Morgan fingerprint density at radius 2 is 2.19 bits per heavy atom. The van der Waals surface area contributed by atoms with Crippen LogP contribution in [0.3, 0.4) is 0 Å². The summed E-state index contributed by atoms with van der Waals surface area (Å²) < 4.78 is 22.6. The predicted octanol–water partition coefficient (Wildman–Crippen LogP) is 1.31. The first-order valence-electron chi connectivity index (χ1n) is 5.05. The van der Waals surface area contributed by atoms with E-state index in [1.807, 2.05) is 6.07 Å². The van der Waals surface area contributed by atoms with Crippen molar-refractivity contribution in [1.29, 1.82) is 0 Å². The van der Waals surface area contributed by atoms with Gasteiger partial charge in [0.2, 0.25) is 0 Å². The third-order valence-corrected chi connectivity index (χ3v) is 3.22. The lowest BCUT2D eigenvalue weighted by molar-refractivity contribution is 0.598. The lowest BCUT2D eigenvalue weighted by Crippen LogP contribution is -2.00. The SMILES string of the molecule is CCCc1cc2nc(S(C)(=O)=O)cnc2[nH]1. The number of hydrogen-bond donors (Lipinski definition) is 1. The average molecular weight is 239 g/mol. The number of rotatable bonds is 3. The fourth-order valence-electron chi connectivity index (χ4n) is 1.52. The molecule has 0 aliphatic rings. The number of fused-ring (bicyclic) bond motifs is 1. The van der Waals surface area contributed by atoms with E-state index in [2.05, 4.69) is 21.9 Å². The molecule has 0 bridgehead atoms. The van der Waals surface area contributed by atoms with Gasteiger partial charge in [-0.2, -0.15) is 0 Å². The molecule has 0 unspecified atom stereocenters. The Morgan fingerprint density at radius 1 is 1.44 bits per heavy atom. The summed E-state index contributed by atoms with van der Waals surface area (Å²) in [6, 6.07) is 1.85. The Labute approximate surface area is 93.8 Å². The minimum atomic E-state index is -3.28. The molecule has 2 aromatic rings. The number of nitrogens with zero attached hydrogens (tertiary/aromatic N) is 2. The van der Waals surface area contributed by atoms with Gasteiger partial charge in [-0.05, 0) is 12.5 Å². The smallest absolute Gasteiger partial charge is 0.194 e. The summed E-state index contributed by atoms with van der Waals surface area (Å²) in [7, 11) is -3.28. The molecule has 2 heterocycles. The second-order valence-corrected chi connectivity index (χ2v) is 5.72. The zero-order valence-electron chi connectivity index (χ0n) is 9.19. The maximum Gasteiger partial charge on any atom is 0.194 e. The zero-order valence-corrected chi connectivity index (χ0v) is 10.0. The summed E-state index contributed by atoms with van der Waals surface area (Å²) in [6.45, 7) is 2.08. The van der Waals surface area contributed by atoms with Crippen LogP contribution in [0.25, 0.3) is 11.2 Å². The second-order valence-electron chi connectivity index (χ2n) is 3.76. The second kappa shape index (κ2) is 3.86. The van der Waals surface area contributed by atoms with Crippen LogP contribution in [0.5, 0.6) is 0 Å². The van der Waals surface area contributed by atoms with Gasteiger partial charge in [-0.1, -0.05) is 13.3 Å². The Morgan fingerprint density at radius 3 is 2.81 bits per heavy atom. The summed E-state index contributed by atoms with van der Waals surface area (Å²) in [5, 5.41) is 0.0158. The largest absolute Gasteiger partial charge is 0.342 e. The molecule has 2 rings (SSSR count). The maximum absolute atomic E-state index is 11.3. The first-order valence-corrected chi connectivity index (χ1v) is 6.94. The van der Waals surface area contributed by atoms with Gasteiger partial charge < -0.3 is 4.98 Å². The Kier molecular flexibility index (Phi) is 2.67. The topological polar surface area (TPSA) is 75.7 Å². The molecular formula is C10H13N3O2S. The summed E-state index contributed by atoms with van der Waals surface area (Å²) in [4.78, 5) is 11.2. The number of sulfone groups is 1. The van der Waals surface area contributed by atoms with E-state index in [9.17, 15) is 8.42 Å². The summed E-state index contributed by atoms with van der Waals surface area (Å²) in [5.74, 6) is 0. The molecule has 0 aromatic carbocycles. The number of H-pyrrole nitrogens is 1. The van der Waals surface area contributed by atoms with Crippen LogP contribution in [0.2, 0.25) is 0 Å². The molecule has 0 aliphatic carbocycles. The van der Waals surface area contributed by atoms with Crippen molar-refractivity contribution in [1.82, 2.24) is 15.0 Å². The van der Waals surface area contributed by atoms with Crippen LogP contribution in [0, 0.1) is 0 Å². The maximum atomic E-state index is 11.3. The third kappa shape index (κ3) is 2.06. The van der Waals surface area contributed by atoms with Crippen LogP contribution >= 0.6 is 0 Å². The molecule has 16 heavy (non-hydrogen) atoms. The van der Waals surface area contributed by atoms with E-state index < -0.39 is 9.84 Å². The van der Waals surface area contributed by atoms with Crippen LogP contribution in [0.1, 0.15) is 19.0 Å². The molecule has 1 N–H and O–H groups in total. The molecule has 0 spiro atoms. The van der Waals surface area contributed by atoms with Gasteiger partial charge in [-0.3, -0.25) is 0 Å². The predicted molar refractivity (Wildman–Crippen MR) is 61.0 cm³/mol. The highest BCUT2D eigenvalue weighted by molar-refractivity contribution is 7.90. The van der Waals surface area contributed by atoms with Gasteiger partial charge in [-0.15, -0.1) is 0 Å². The van der Waals surface area contributed by atoms with Crippen molar-refractivity contribution in [3.8, 4) is 0 Å². The highest BCUT2D eigenvalue weighted by Crippen LogP contribution is 2.14. The van der Waals surface area contributed by atoms with Gasteiger partial charge in [-0.25, -0.2) is 18.4 Å². The fraction of sp³-hybridized carbons (Fsp3) is 0.400. The Balaban J connectivity index is 2.54. The molecule has 0 fully saturated rings. The first-order chi connectivity index (χ1) is 7.50. The average Bonchev–Trinajstić information content (AvgIpc) is 2.57. The van der Waals surface area contributed by atoms with Crippen molar-refractivity contribution in [3.63, 3.8) is 0 Å². The number of aromatic amines is 1. The van der Waals surface area contributed by atoms with Crippen molar-refractivity contribution >= 4 is 21.0 Å². The minimum absolute atomic E-state index is 0.0158. The molecule has 86 valence electrons. The lowest BCUT2D eigenvalue weighted by atomic mass is 10.2. The van der Waals surface area contributed by atoms with E-state index in [-0.39, 0.29) is 5.03 Å². The van der Waals surface area contributed by atoms with E-state index in [0.717, 1.165) is 24.8 Å². The monoisotopic (exact) mass is 239 g/mol. The van der Waals surface area contributed by atoms with Crippen LogP contribution < -0.4 is 0 Å². The molecule has 2 aromatic heterocycles. The van der Waals surface area contributed by atoms with Crippen molar-refractivity contribution in [3.05, 3.63) is 18.0 Å². The molecule has 0 atom stereocenters. The molecule has 6 heteroatoms. The summed E-state index contributed by atoms with van der Waals surface area (Å²) >= 11 is 0. The van der Waals surface area contributed by atoms with Gasteiger partial charge in [0.1, 0.15) is 5.52 Å². The Bertz CT molecular complexity index is 616. The van der Waals surface area contributed by atoms with Crippen molar-refractivity contribution in [2.75, 3.05) is 6.26 Å². The van der Waals surface area contributed by atoms with Crippen LogP contribution in [0.15, 0.2) is 17.3 Å². The van der Waals surface area contributed by atoms with Gasteiger partial charge >= 0.3 is 0 Å². The van der Waals surface area contributed by atoms with Gasteiger partial charge in [0.25, 0.3) is 0 Å². The zero-order chi connectivity index (χ0) is 11.8. The van der Waals surface area contributed by atoms with Crippen LogP contribution in [-0.4, -0.2) is 29.6 Å². The molecule has 0 saturated heterocycles. The molecule has 0 aliphatic heterocycles.